The lowest BCUT2D eigenvalue weighted by Gasteiger charge is -2.08. The first-order valence-corrected chi connectivity index (χ1v) is 13.6. The van der Waals surface area contributed by atoms with Crippen molar-refractivity contribution in [3.05, 3.63) is 48.5 Å². The lowest BCUT2D eigenvalue weighted by molar-refractivity contribution is -0.146. The minimum atomic E-state index is -0.277. The molecule has 11 nitrogen and oxygen atoms in total. The van der Waals surface area contributed by atoms with E-state index in [1.807, 2.05) is 0 Å². The highest BCUT2D eigenvalue weighted by molar-refractivity contribution is 5.69. The smallest absolute Gasteiger partial charge is 0.305 e. The van der Waals surface area contributed by atoms with E-state index in [-0.39, 0.29) is 38.4 Å². The second kappa shape index (κ2) is 21.4. The lowest BCUT2D eigenvalue weighted by atomic mass is 10.2. The zero-order valence-electron chi connectivity index (χ0n) is 23.1. The number of carbonyl (C=O) groups excluding carboxylic acids is 3. The molecule has 0 amide bonds. The van der Waals surface area contributed by atoms with Gasteiger partial charge in [0, 0.05) is 12.8 Å². The highest BCUT2D eigenvalue weighted by Crippen LogP contribution is 2.19. The quantitative estimate of drug-likeness (QED) is 0.0611. The van der Waals surface area contributed by atoms with Crippen molar-refractivity contribution in [2.45, 2.75) is 51.4 Å². The van der Waals surface area contributed by atoms with Crippen LogP contribution in [0.15, 0.2) is 53.5 Å². The highest BCUT2D eigenvalue weighted by atomic mass is 16.6. The Kier molecular flexibility index (Phi) is 17.2. The average Bonchev–Trinajstić information content (AvgIpc) is 2.98. The molecule has 0 N–H and O–H groups in total. The van der Waals surface area contributed by atoms with E-state index in [2.05, 4.69) is 4.99 Å². The number of isocyanates is 1. The second-order valence-electron chi connectivity index (χ2n) is 8.73. The number of aliphatic imine (C=N–C) groups is 1. The van der Waals surface area contributed by atoms with Crippen molar-refractivity contribution in [1.82, 2.24) is 0 Å². The van der Waals surface area contributed by atoms with Crippen LogP contribution >= 0.6 is 0 Å². The van der Waals surface area contributed by atoms with Crippen molar-refractivity contribution < 1.29 is 42.8 Å². The number of rotatable bonds is 22. The number of benzene rings is 2. The number of esters is 2. The minimum Gasteiger partial charge on any atom is -0.494 e. The summed E-state index contributed by atoms with van der Waals surface area (Å²) in [5.41, 5.74) is 0.524. The molecule has 220 valence electrons. The van der Waals surface area contributed by atoms with Crippen LogP contribution in [0.25, 0.3) is 0 Å². The van der Waals surface area contributed by atoms with Gasteiger partial charge in [-0.3, -0.25) is 9.59 Å². The SMILES string of the molecule is N#COc1ccc(OCCCCCC(=O)OCCOCCOC(=O)CCCCCOc2ccc(N=C=O)cc2)cc1. The molecule has 0 atom stereocenters. The summed E-state index contributed by atoms with van der Waals surface area (Å²) in [5.74, 6) is 1.29. The molecular weight excluding hydrogens is 532 g/mol. The van der Waals surface area contributed by atoms with Gasteiger partial charge in [0.1, 0.15) is 30.5 Å². The Hall–Kier alpha value is -4.39. The van der Waals surface area contributed by atoms with Crippen molar-refractivity contribution in [1.29, 1.82) is 5.26 Å². The molecule has 0 aliphatic heterocycles. The Labute approximate surface area is 240 Å². The van der Waals surface area contributed by atoms with E-state index in [9.17, 15) is 14.4 Å². The predicted octanol–water partition coefficient (Wildman–Crippen LogP) is 5.20. The van der Waals surface area contributed by atoms with Crippen LogP contribution in [0.3, 0.4) is 0 Å². The molecule has 0 saturated heterocycles. The Balaban J connectivity index is 1.33. The largest absolute Gasteiger partial charge is 0.494 e. The third kappa shape index (κ3) is 16.3. The van der Waals surface area contributed by atoms with Gasteiger partial charge in [0.25, 0.3) is 6.26 Å². The van der Waals surface area contributed by atoms with E-state index >= 15 is 0 Å². The van der Waals surface area contributed by atoms with Crippen LogP contribution in [0.5, 0.6) is 17.2 Å². The maximum Gasteiger partial charge on any atom is 0.305 e. The van der Waals surface area contributed by atoms with Crippen LogP contribution < -0.4 is 14.2 Å². The number of ether oxygens (including phenoxy) is 6. The molecule has 0 aliphatic rings. The minimum absolute atomic E-state index is 0.153. The predicted molar refractivity (Wildman–Crippen MR) is 148 cm³/mol. The summed E-state index contributed by atoms with van der Waals surface area (Å²) < 4.78 is 31.5. The van der Waals surface area contributed by atoms with Gasteiger partial charge in [-0.2, -0.15) is 4.99 Å². The first-order chi connectivity index (χ1) is 20.1. The van der Waals surface area contributed by atoms with Gasteiger partial charge in [-0.15, -0.1) is 5.26 Å². The summed E-state index contributed by atoms with van der Waals surface area (Å²) in [7, 11) is 0. The molecule has 2 aromatic rings. The number of hydrogen-bond donors (Lipinski definition) is 0. The fraction of sp³-hybridized carbons (Fsp3) is 0.467. The van der Waals surface area contributed by atoms with E-state index < -0.39 is 0 Å². The number of hydrogen-bond acceptors (Lipinski definition) is 11. The van der Waals surface area contributed by atoms with Gasteiger partial charge in [-0.25, -0.2) is 4.79 Å². The van der Waals surface area contributed by atoms with Crippen LogP contribution in [-0.2, 0) is 28.6 Å². The van der Waals surface area contributed by atoms with E-state index in [1.165, 1.54) is 6.08 Å². The van der Waals surface area contributed by atoms with Gasteiger partial charge in [-0.05, 0) is 87.1 Å². The molecule has 11 heteroatoms. The fourth-order valence-corrected chi connectivity index (χ4v) is 3.48. The van der Waals surface area contributed by atoms with Crippen LogP contribution in [0.1, 0.15) is 51.4 Å². The molecule has 0 unspecified atom stereocenters. The van der Waals surface area contributed by atoms with Crippen molar-refractivity contribution in [3.63, 3.8) is 0 Å². The molecule has 0 saturated carbocycles. The highest BCUT2D eigenvalue weighted by Gasteiger charge is 2.05. The molecule has 2 aromatic carbocycles. The van der Waals surface area contributed by atoms with Gasteiger partial charge in [0.2, 0.25) is 6.08 Å². The standard InChI is InChI=1S/C30H36N2O9/c31-23-41-28-15-13-27(14-16-28)38-18-6-2-4-8-30(35)40-22-20-36-19-21-39-29(34)7-3-1-5-17-37-26-11-9-25(10-12-26)32-24-33/h9-16H,1-8,17-22H2. The second-order valence-corrected chi connectivity index (χ2v) is 8.73. The van der Waals surface area contributed by atoms with Crippen molar-refractivity contribution in [2.24, 2.45) is 4.99 Å². The Morgan fingerprint density at radius 1 is 0.634 bits per heavy atom. The molecule has 41 heavy (non-hydrogen) atoms. The maximum absolute atomic E-state index is 11.8. The van der Waals surface area contributed by atoms with Crippen molar-refractivity contribution in [3.8, 4) is 23.5 Å². The normalized spacial score (nSPS) is 10.1. The van der Waals surface area contributed by atoms with Crippen LogP contribution in [0.4, 0.5) is 5.69 Å². The zero-order valence-corrected chi connectivity index (χ0v) is 23.1. The molecule has 2 rings (SSSR count). The summed E-state index contributed by atoms with van der Waals surface area (Å²) in [6.45, 7) is 1.83. The molecule has 0 fully saturated rings. The van der Waals surface area contributed by atoms with Gasteiger partial charge < -0.3 is 28.4 Å². The first-order valence-electron chi connectivity index (χ1n) is 13.6. The topological polar surface area (TPSA) is 143 Å². The maximum atomic E-state index is 11.8. The van der Waals surface area contributed by atoms with Gasteiger partial charge >= 0.3 is 11.9 Å². The van der Waals surface area contributed by atoms with Gasteiger partial charge in [-0.1, -0.05) is 0 Å². The molecule has 0 spiro atoms. The van der Waals surface area contributed by atoms with Crippen molar-refractivity contribution in [2.75, 3.05) is 39.6 Å². The molecule has 0 aromatic heterocycles. The van der Waals surface area contributed by atoms with E-state index in [1.54, 1.807) is 54.8 Å². The summed E-state index contributed by atoms with van der Waals surface area (Å²) in [6, 6.07) is 13.6. The third-order valence-corrected chi connectivity index (χ3v) is 5.57. The molecule has 0 bridgehead atoms. The third-order valence-electron chi connectivity index (χ3n) is 5.57. The summed E-state index contributed by atoms with van der Waals surface area (Å²) in [5, 5.41) is 8.47. The molecule has 0 aliphatic carbocycles. The van der Waals surface area contributed by atoms with Crippen LogP contribution in [0.2, 0.25) is 0 Å². The van der Waals surface area contributed by atoms with E-state index in [0.717, 1.165) is 25.7 Å². The monoisotopic (exact) mass is 568 g/mol. The summed E-state index contributed by atoms with van der Waals surface area (Å²) >= 11 is 0. The zero-order chi connectivity index (χ0) is 29.4. The van der Waals surface area contributed by atoms with Crippen LogP contribution in [-0.4, -0.2) is 57.7 Å². The summed E-state index contributed by atoms with van der Waals surface area (Å²) in [4.78, 5) is 37.3. The van der Waals surface area contributed by atoms with Gasteiger partial charge in [0.15, 0.2) is 0 Å². The number of unbranched alkanes of at least 4 members (excludes halogenated alkanes) is 4. The number of carbonyl (C=O) groups is 2. The fourth-order valence-electron chi connectivity index (χ4n) is 3.48. The molecule has 0 radical (unpaired) electrons. The summed E-state index contributed by atoms with van der Waals surface area (Å²) in [6.07, 6.45) is 8.42. The van der Waals surface area contributed by atoms with E-state index in [4.69, 9.17) is 33.7 Å². The number of nitrogens with zero attached hydrogens (tertiary/aromatic N) is 2. The Morgan fingerprint density at radius 2 is 1.12 bits per heavy atom. The average molecular weight is 569 g/mol. The number of nitriles is 1. The van der Waals surface area contributed by atoms with Crippen LogP contribution in [0, 0.1) is 11.5 Å². The van der Waals surface area contributed by atoms with Gasteiger partial charge in [0.05, 0.1) is 32.1 Å². The Bertz CT molecular complexity index is 1110. The molecule has 0 heterocycles. The first kappa shape index (κ1) is 32.8. The van der Waals surface area contributed by atoms with Crippen molar-refractivity contribution >= 4 is 23.7 Å². The lowest BCUT2D eigenvalue weighted by Crippen LogP contribution is -2.14. The molecular formula is C30H36N2O9. The van der Waals surface area contributed by atoms with E-state index in [0.29, 0.717) is 61.8 Å². The Morgan fingerprint density at radius 3 is 1.61 bits per heavy atom.